The molecule has 0 aliphatic carbocycles. The van der Waals surface area contributed by atoms with Gasteiger partial charge in [0.1, 0.15) is 11.1 Å². The van der Waals surface area contributed by atoms with E-state index in [1.165, 1.54) is 16.3 Å². The molecule has 0 bridgehead atoms. The number of hydrogen-bond acceptors (Lipinski definition) is 4. The Morgan fingerprint density at radius 2 is 1.73 bits per heavy atom. The number of fused-ring (bicyclic) bond motifs is 2. The molecule has 2 heterocycles. The van der Waals surface area contributed by atoms with Gasteiger partial charge in [0.2, 0.25) is 5.91 Å². The number of rotatable bonds is 5. The molecule has 0 saturated carbocycles. The van der Waals surface area contributed by atoms with Crippen LogP contribution in [0.25, 0.3) is 10.8 Å². The summed E-state index contributed by atoms with van der Waals surface area (Å²) in [5, 5.41) is 6.19. The van der Waals surface area contributed by atoms with E-state index in [1.54, 1.807) is 22.4 Å². The third-order valence-electron chi connectivity index (χ3n) is 6.00. The van der Waals surface area contributed by atoms with Gasteiger partial charge in [-0.25, -0.2) is 0 Å². The Hall–Kier alpha value is -3.51. The molecule has 0 unspecified atom stereocenters. The van der Waals surface area contributed by atoms with Crippen LogP contribution in [0.1, 0.15) is 17.2 Å². The molecule has 1 atom stereocenters. The Labute approximate surface area is 197 Å². The van der Waals surface area contributed by atoms with Gasteiger partial charge in [0.25, 0.3) is 5.56 Å². The van der Waals surface area contributed by atoms with E-state index in [9.17, 15) is 9.59 Å². The van der Waals surface area contributed by atoms with E-state index < -0.39 is 6.04 Å². The summed E-state index contributed by atoms with van der Waals surface area (Å²) in [4.78, 5) is 28.4. The standard InChI is InChI=1S/C27H25N3O2S/c1-29(2)25-20(15-19-11-8-10-18-9-6-7-14-22(18)19)16-24(31)30-23(17-33-27(25)30)26(32)28-21-12-4-3-5-13-21/h3-14,16,23H,15,17H2,1-2H3,(H,28,32)/t23-/m0/s1. The maximum Gasteiger partial charge on any atom is 0.252 e. The lowest BCUT2D eigenvalue weighted by Gasteiger charge is -2.23. The molecule has 1 aromatic heterocycles. The molecule has 0 radical (unpaired) electrons. The number of anilines is 2. The summed E-state index contributed by atoms with van der Waals surface area (Å²) >= 11 is 1.57. The largest absolute Gasteiger partial charge is 0.375 e. The number of pyridine rings is 1. The van der Waals surface area contributed by atoms with Crippen molar-refractivity contribution in [1.82, 2.24) is 4.57 Å². The van der Waals surface area contributed by atoms with Crippen LogP contribution in [-0.4, -0.2) is 30.3 Å². The van der Waals surface area contributed by atoms with Crippen LogP contribution in [0.3, 0.4) is 0 Å². The second-order valence-electron chi connectivity index (χ2n) is 8.42. The number of aromatic nitrogens is 1. The highest BCUT2D eigenvalue weighted by Gasteiger charge is 2.33. The van der Waals surface area contributed by atoms with Gasteiger partial charge in [-0.1, -0.05) is 60.7 Å². The first-order chi connectivity index (χ1) is 16.0. The fourth-order valence-electron chi connectivity index (χ4n) is 4.51. The summed E-state index contributed by atoms with van der Waals surface area (Å²) < 4.78 is 1.66. The van der Waals surface area contributed by atoms with Gasteiger partial charge in [-0.2, -0.15) is 0 Å². The van der Waals surface area contributed by atoms with Crippen LogP contribution in [0.5, 0.6) is 0 Å². The number of benzene rings is 3. The summed E-state index contributed by atoms with van der Waals surface area (Å²) in [5.41, 5.74) is 3.76. The van der Waals surface area contributed by atoms with Crippen LogP contribution >= 0.6 is 11.8 Å². The SMILES string of the molecule is CN(C)c1c(Cc2cccc3ccccc23)cc(=O)n2c1SC[C@H]2C(=O)Nc1ccccc1. The Kier molecular flexibility index (Phi) is 5.68. The van der Waals surface area contributed by atoms with E-state index in [0.717, 1.165) is 22.0 Å². The number of para-hydroxylation sites is 1. The van der Waals surface area contributed by atoms with Crippen molar-refractivity contribution >= 4 is 39.8 Å². The fourth-order valence-corrected chi connectivity index (χ4v) is 5.93. The highest BCUT2D eigenvalue weighted by atomic mass is 32.2. The van der Waals surface area contributed by atoms with Crippen LogP contribution in [0, 0.1) is 0 Å². The first kappa shape index (κ1) is 21.3. The number of hydrogen-bond donors (Lipinski definition) is 1. The smallest absolute Gasteiger partial charge is 0.252 e. The van der Waals surface area contributed by atoms with E-state index in [4.69, 9.17) is 0 Å². The molecule has 166 valence electrons. The van der Waals surface area contributed by atoms with Crippen molar-refractivity contribution in [2.75, 3.05) is 30.1 Å². The summed E-state index contributed by atoms with van der Waals surface area (Å²) in [7, 11) is 3.98. The van der Waals surface area contributed by atoms with Gasteiger partial charge in [0.05, 0.1) is 5.69 Å². The van der Waals surface area contributed by atoms with Gasteiger partial charge in [-0.15, -0.1) is 11.8 Å². The minimum Gasteiger partial charge on any atom is -0.375 e. The molecular formula is C27H25N3O2S. The van der Waals surface area contributed by atoms with Gasteiger partial charge in [0.15, 0.2) is 0 Å². The zero-order chi connectivity index (χ0) is 22.9. The molecule has 4 aromatic rings. The number of carbonyl (C=O) groups is 1. The number of thioether (sulfide) groups is 1. The Balaban J connectivity index is 1.54. The van der Waals surface area contributed by atoms with Gasteiger partial charge in [-0.3, -0.25) is 14.2 Å². The first-order valence-corrected chi connectivity index (χ1v) is 11.9. The molecule has 1 N–H and O–H groups in total. The van der Waals surface area contributed by atoms with Crippen molar-refractivity contribution in [3.63, 3.8) is 0 Å². The Morgan fingerprint density at radius 1 is 1.00 bits per heavy atom. The molecule has 0 fully saturated rings. The topological polar surface area (TPSA) is 54.3 Å². The number of nitrogens with one attached hydrogen (secondary N) is 1. The number of carbonyl (C=O) groups excluding carboxylic acids is 1. The monoisotopic (exact) mass is 455 g/mol. The normalized spacial score (nSPS) is 14.8. The van der Waals surface area contributed by atoms with E-state index in [-0.39, 0.29) is 11.5 Å². The summed E-state index contributed by atoms with van der Waals surface area (Å²) in [6.45, 7) is 0. The molecule has 33 heavy (non-hydrogen) atoms. The lowest BCUT2D eigenvalue weighted by atomic mass is 9.98. The second kappa shape index (κ2) is 8.79. The molecule has 0 saturated heterocycles. The molecule has 3 aromatic carbocycles. The van der Waals surface area contributed by atoms with Crippen LogP contribution in [-0.2, 0) is 11.2 Å². The van der Waals surface area contributed by atoms with Crippen molar-refractivity contribution in [2.24, 2.45) is 0 Å². The van der Waals surface area contributed by atoms with Crippen molar-refractivity contribution in [1.29, 1.82) is 0 Å². The van der Waals surface area contributed by atoms with Crippen molar-refractivity contribution < 1.29 is 4.79 Å². The van der Waals surface area contributed by atoms with Crippen LogP contribution in [0.4, 0.5) is 11.4 Å². The van der Waals surface area contributed by atoms with Crippen molar-refractivity contribution in [3.05, 3.63) is 100 Å². The maximum atomic E-state index is 13.3. The van der Waals surface area contributed by atoms with Gasteiger partial charge >= 0.3 is 0 Å². The first-order valence-electron chi connectivity index (χ1n) is 10.9. The van der Waals surface area contributed by atoms with Gasteiger partial charge in [-0.05, 0) is 34.0 Å². The minimum absolute atomic E-state index is 0.135. The van der Waals surface area contributed by atoms with Crippen molar-refractivity contribution in [3.8, 4) is 0 Å². The van der Waals surface area contributed by atoms with Crippen LogP contribution < -0.4 is 15.8 Å². The van der Waals surface area contributed by atoms with E-state index in [2.05, 4.69) is 40.5 Å². The van der Waals surface area contributed by atoms with Crippen molar-refractivity contribution in [2.45, 2.75) is 17.5 Å². The van der Waals surface area contributed by atoms with Gasteiger partial charge < -0.3 is 10.2 Å². The number of nitrogens with zero attached hydrogens (tertiary/aromatic N) is 2. The highest BCUT2D eigenvalue weighted by Crippen LogP contribution is 2.41. The van der Waals surface area contributed by atoms with Crippen LogP contribution in [0.15, 0.2) is 88.7 Å². The maximum absolute atomic E-state index is 13.3. The molecule has 5 nitrogen and oxygen atoms in total. The summed E-state index contributed by atoms with van der Waals surface area (Å²) in [6, 6.07) is 25.1. The Morgan fingerprint density at radius 3 is 2.52 bits per heavy atom. The Bertz CT molecular complexity index is 1390. The van der Waals surface area contributed by atoms with Gasteiger partial charge in [0, 0.05) is 38.0 Å². The highest BCUT2D eigenvalue weighted by molar-refractivity contribution is 7.99. The predicted molar refractivity (Wildman–Crippen MR) is 137 cm³/mol. The molecule has 1 aliphatic rings. The lowest BCUT2D eigenvalue weighted by Crippen LogP contribution is -2.33. The molecule has 0 spiro atoms. The molecule has 6 heteroatoms. The average molecular weight is 456 g/mol. The predicted octanol–water partition coefficient (Wildman–Crippen LogP) is 4.94. The third-order valence-corrected chi connectivity index (χ3v) is 7.15. The molecule has 1 aliphatic heterocycles. The summed E-state index contributed by atoms with van der Waals surface area (Å²) in [6.07, 6.45) is 0.652. The lowest BCUT2D eigenvalue weighted by molar-refractivity contribution is -0.118. The number of amides is 1. The van der Waals surface area contributed by atoms with E-state index >= 15 is 0 Å². The fraction of sp³-hybridized carbons (Fsp3) is 0.185. The van der Waals surface area contributed by atoms with E-state index in [0.29, 0.717) is 12.2 Å². The molecular weight excluding hydrogens is 430 g/mol. The van der Waals surface area contributed by atoms with Crippen LogP contribution in [0.2, 0.25) is 0 Å². The zero-order valence-electron chi connectivity index (χ0n) is 18.6. The van der Waals surface area contributed by atoms with E-state index in [1.807, 2.05) is 56.6 Å². The third kappa shape index (κ3) is 4.02. The average Bonchev–Trinajstić information content (AvgIpc) is 3.25. The quantitative estimate of drug-likeness (QED) is 0.463. The molecule has 1 amide bonds. The summed E-state index contributed by atoms with van der Waals surface area (Å²) in [5.74, 6) is 0.369. The minimum atomic E-state index is -0.539. The zero-order valence-corrected chi connectivity index (χ0v) is 19.4. The second-order valence-corrected chi connectivity index (χ2v) is 9.43. The molecule has 5 rings (SSSR count).